The van der Waals surface area contributed by atoms with Gasteiger partial charge in [-0.25, -0.2) is 0 Å². The Kier molecular flexibility index (Phi) is 3.26. The molecule has 0 saturated heterocycles. The largest absolute Gasteiger partial charge is 0.272 e. The van der Waals surface area contributed by atoms with Crippen LogP contribution in [0.15, 0.2) is 71.2 Å². The van der Waals surface area contributed by atoms with Crippen molar-refractivity contribution in [1.82, 2.24) is 0 Å². The second-order valence-corrected chi connectivity index (χ2v) is 7.25. The second kappa shape index (κ2) is 5.19. The molecule has 1 nitrogen and oxygen atoms in total. The van der Waals surface area contributed by atoms with Crippen molar-refractivity contribution in [1.29, 1.82) is 0 Å². The lowest BCUT2D eigenvalue weighted by Crippen LogP contribution is -2.08. The fourth-order valence-corrected chi connectivity index (χ4v) is 3.88. The molecule has 2 aromatic rings. The van der Waals surface area contributed by atoms with Gasteiger partial charge in [0.15, 0.2) is 0 Å². The predicted octanol–water partition coefficient (Wildman–Crippen LogP) is 5.47. The van der Waals surface area contributed by atoms with Crippen LogP contribution in [0.4, 0.5) is 0 Å². The topological polar surface area (TPSA) is 12.4 Å². The summed E-state index contributed by atoms with van der Waals surface area (Å²) < 4.78 is 0. The number of hydrogen-bond acceptors (Lipinski definition) is 1. The Bertz CT molecular complexity index is 800. The Morgan fingerprint density at radius 2 is 1.65 bits per heavy atom. The monoisotopic (exact) mass is 301 g/mol. The van der Waals surface area contributed by atoms with Gasteiger partial charge in [-0.15, -0.1) is 0 Å². The third kappa shape index (κ3) is 2.35. The van der Waals surface area contributed by atoms with Crippen molar-refractivity contribution in [3.63, 3.8) is 0 Å². The smallest absolute Gasteiger partial charge is 0.0947 e. The van der Waals surface area contributed by atoms with Crippen LogP contribution < -0.4 is 0 Å². The molecule has 1 saturated carbocycles. The van der Waals surface area contributed by atoms with Crippen LogP contribution >= 0.6 is 0 Å². The number of benzene rings is 2. The summed E-state index contributed by atoms with van der Waals surface area (Å²) in [5, 5.41) is 0. The number of hydrogen-bond donors (Lipinski definition) is 0. The first-order valence-corrected chi connectivity index (χ1v) is 8.51. The SMILES string of the molecule is CC1=CC(c2ccccc2C2(C)CC2C)N=C1c1ccccc1. The highest BCUT2D eigenvalue weighted by atomic mass is 14.8. The fraction of sp³-hybridized carbons (Fsp3) is 0.318. The van der Waals surface area contributed by atoms with E-state index in [1.54, 1.807) is 0 Å². The first kappa shape index (κ1) is 14.4. The first-order valence-electron chi connectivity index (χ1n) is 8.51. The highest BCUT2D eigenvalue weighted by molar-refractivity contribution is 6.13. The Balaban J connectivity index is 1.75. The van der Waals surface area contributed by atoms with Crippen LogP contribution in [-0.4, -0.2) is 5.71 Å². The third-order valence-electron chi connectivity index (χ3n) is 5.65. The number of nitrogens with zero attached hydrogens (tertiary/aromatic N) is 1. The summed E-state index contributed by atoms with van der Waals surface area (Å²) in [4.78, 5) is 5.06. The summed E-state index contributed by atoms with van der Waals surface area (Å²) in [6.45, 7) is 6.92. The van der Waals surface area contributed by atoms with Gasteiger partial charge in [-0.2, -0.15) is 0 Å². The lowest BCUT2D eigenvalue weighted by Gasteiger charge is -2.18. The summed E-state index contributed by atoms with van der Waals surface area (Å²) in [7, 11) is 0. The predicted molar refractivity (Wildman–Crippen MR) is 97.1 cm³/mol. The number of rotatable bonds is 3. The molecule has 0 bridgehead atoms. The molecule has 4 rings (SSSR count). The lowest BCUT2D eigenvalue weighted by molar-refractivity contribution is 0.684. The van der Waals surface area contributed by atoms with E-state index in [1.807, 2.05) is 0 Å². The van der Waals surface area contributed by atoms with Crippen molar-refractivity contribution >= 4 is 5.71 Å². The van der Waals surface area contributed by atoms with Gasteiger partial charge in [-0.1, -0.05) is 74.5 Å². The van der Waals surface area contributed by atoms with E-state index < -0.39 is 0 Å². The molecule has 3 atom stereocenters. The summed E-state index contributed by atoms with van der Waals surface area (Å²) in [5.41, 5.74) is 6.84. The van der Waals surface area contributed by atoms with E-state index in [2.05, 4.69) is 81.4 Å². The average molecular weight is 301 g/mol. The van der Waals surface area contributed by atoms with E-state index in [0.717, 1.165) is 11.6 Å². The van der Waals surface area contributed by atoms with Gasteiger partial charge < -0.3 is 0 Å². The fourth-order valence-electron chi connectivity index (χ4n) is 3.88. The quantitative estimate of drug-likeness (QED) is 0.712. The standard InChI is InChI=1S/C22H23N/c1-15-13-20(23-21(15)17-9-5-4-6-10-17)18-11-7-8-12-19(18)22(3)14-16(22)2/h4-13,16,20H,14H2,1-3H3. The molecule has 1 heterocycles. The minimum Gasteiger partial charge on any atom is -0.272 e. The molecule has 2 aromatic carbocycles. The van der Waals surface area contributed by atoms with E-state index in [4.69, 9.17) is 4.99 Å². The molecule has 2 aliphatic rings. The van der Waals surface area contributed by atoms with Gasteiger partial charge in [-0.3, -0.25) is 4.99 Å². The normalized spacial score (nSPS) is 29.2. The van der Waals surface area contributed by atoms with Crippen molar-refractivity contribution < 1.29 is 0 Å². The van der Waals surface area contributed by atoms with Gasteiger partial charge >= 0.3 is 0 Å². The van der Waals surface area contributed by atoms with Gasteiger partial charge in [0, 0.05) is 0 Å². The van der Waals surface area contributed by atoms with Crippen LogP contribution in [0.3, 0.4) is 0 Å². The maximum absolute atomic E-state index is 5.06. The minimum absolute atomic E-state index is 0.158. The Morgan fingerprint density at radius 3 is 2.35 bits per heavy atom. The second-order valence-electron chi connectivity index (χ2n) is 7.25. The zero-order valence-electron chi connectivity index (χ0n) is 14.1. The molecule has 3 unspecified atom stereocenters. The Labute approximate surface area is 138 Å². The maximum atomic E-state index is 5.06. The van der Waals surface area contributed by atoms with Gasteiger partial charge in [0.2, 0.25) is 0 Å². The Morgan fingerprint density at radius 1 is 1.00 bits per heavy atom. The van der Waals surface area contributed by atoms with Crippen LogP contribution in [0.25, 0.3) is 0 Å². The molecular weight excluding hydrogens is 278 g/mol. The molecule has 0 aromatic heterocycles. The summed E-state index contributed by atoms with van der Waals surface area (Å²) in [5.74, 6) is 0.771. The van der Waals surface area contributed by atoms with Crippen LogP contribution in [0.5, 0.6) is 0 Å². The van der Waals surface area contributed by atoms with Crippen molar-refractivity contribution in [2.24, 2.45) is 10.9 Å². The maximum Gasteiger partial charge on any atom is 0.0947 e. The van der Waals surface area contributed by atoms with Gasteiger partial charge in [-0.05, 0) is 46.9 Å². The molecule has 1 fully saturated rings. The number of allylic oxidation sites excluding steroid dienone is 1. The first-order chi connectivity index (χ1) is 11.1. The van der Waals surface area contributed by atoms with E-state index >= 15 is 0 Å². The minimum atomic E-state index is 0.158. The zero-order valence-corrected chi connectivity index (χ0v) is 14.1. The summed E-state index contributed by atoms with van der Waals surface area (Å²) in [6.07, 6.45) is 3.60. The van der Waals surface area contributed by atoms with Crippen molar-refractivity contribution in [3.05, 3.63) is 82.9 Å². The lowest BCUT2D eigenvalue weighted by atomic mass is 9.88. The van der Waals surface area contributed by atoms with E-state index in [0.29, 0.717) is 5.41 Å². The molecule has 1 aliphatic heterocycles. The van der Waals surface area contributed by atoms with Gasteiger partial charge in [0.05, 0.1) is 11.8 Å². The molecule has 116 valence electrons. The zero-order chi connectivity index (χ0) is 16.0. The molecule has 0 amide bonds. The molecule has 23 heavy (non-hydrogen) atoms. The van der Waals surface area contributed by atoms with Gasteiger partial charge in [0.1, 0.15) is 0 Å². The van der Waals surface area contributed by atoms with E-state index in [-0.39, 0.29) is 6.04 Å². The van der Waals surface area contributed by atoms with Crippen LogP contribution in [-0.2, 0) is 5.41 Å². The van der Waals surface area contributed by atoms with Crippen molar-refractivity contribution in [2.75, 3.05) is 0 Å². The third-order valence-corrected chi connectivity index (χ3v) is 5.65. The Hall–Kier alpha value is -2.15. The van der Waals surface area contributed by atoms with E-state index in [1.165, 1.54) is 28.7 Å². The molecule has 1 heteroatoms. The molecular formula is C22H23N. The molecule has 1 aliphatic carbocycles. The summed E-state index contributed by atoms with van der Waals surface area (Å²) in [6, 6.07) is 19.6. The van der Waals surface area contributed by atoms with Crippen LogP contribution in [0.1, 0.15) is 49.9 Å². The van der Waals surface area contributed by atoms with Crippen LogP contribution in [0.2, 0.25) is 0 Å². The van der Waals surface area contributed by atoms with Crippen LogP contribution in [0, 0.1) is 5.92 Å². The highest BCUT2D eigenvalue weighted by Crippen LogP contribution is 2.55. The molecule has 0 spiro atoms. The average Bonchev–Trinajstić information content (AvgIpc) is 3.02. The number of aliphatic imine (C=N–C) groups is 1. The molecule has 0 N–H and O–H groups in total. The van der Waals surface area contributed by atoms with Crippen molar-refractivity contribution in [3.8, 4) is 0 Å². The van der Waals surface area contributed by atoms with Crippen molar-refractivity contribution in [2.45, 2.75) is 38.6 Å². The molecule has 0 radical (unpaired) electrons. The van der Waals surface area contributed by atoms with E-state index in [9.17, 15) is 0 Å². The van der Waals surface area contributed by atoms with Gasteiger partial charge in [0.25, 0.3) is 0 Å². The summed E-state index contributed by atoms with van der Waals surface area (Å²) >= 11 is 0. The highest BCUT2D eigenvalue weighted by Gasteiger charge is 2.49.